The normalized spacial score (nSPS) is 10.5. The lowest BCUT2D eigenvalue weighted by atomic mass is 10.2. The summed E-state index contributed by atoms with van der Waals surface area (Å²) in [5.74, 6) is 1.06. The maximum atomic E-state index is 9.57. The number of aromatic hydroxyl groups is 1. The Labute approximate surface area is 149 Å². The van der Waals surface area contributed by atoms with Crippen LogP contribution in [0.5, 0.6) is 17.2 Å². The van der Waals surface area contributed by atoms with E-state index in [0.717, 1.165) is 5.56 Å². The molecular formula is C16H16Cl3NO3. The van der Waals surface area contributed by atoms with Crippen molar-refractivity contribution in [3.63, 3.8) is 0 Å². The number of ether oxygens (including phenoxy) is 2. The van der Waals surface area contributed by atoms with Crippen LogP contribution in [0.3, 0.4) is 0 Å². The Balaban J connectivity index is 2.20. The van der Waals surface area contributed by atoms with Gasteiger partial charge in [0.25, 0.3) is 0 Å². The lowest BCUT2D eigenvalue weighted by molar-refractivity contribution is 0.311. The van der Waals surface area contributed by atoms with Crippen LogP contribution in [0, 0.1) is 0 Å². The molecule has 0 spiro atoms. The standard InChI is InChI=1S/C16H16Cl3NO3/c1-3-23-15-7-11(17)9(4-14(15)22-2)8-20-10-5-12(18)16(21)13(19)6-10/h4-7,20-21H,3,8H2,1-2H3. The zero-order valence-electron chi connectivity index (χ0n) is 12.6. The third kappa shape index (κ3) is 4.28. The van der Waals surface area contributed by atoms with E-state index in [1.165, 1.54) is 0 Å². The number of halogens is 3. The fourth-order valence-corrected chi connectivity index (χ4v) is 2.71. The van der Waals surface area contributed by atoms with Crippen LogP contribution in [0.1, 0.15) is 12.5 Å². The Morgan fingerprint density at radius 1 is 1.00 bits per heavy atom. The van der Waals surface area contributed by atoms with Gasteiger partial charge in [-0.2, -0.15) is 0 Å². The van der Waals surface area contributed by atoms with E-state index < -0.39 is 0 Å². The molecule has 2 aromatic rings. The fourth-order valence-electron chi connectivity index (χ4n) is 2.01. The first kappa shape index (κ1) is 17.9. The van der Waals surface area contributed by atoms with Gasteiger partial charge in [-0.15, -0.1) is 0 Å². The summed E-state index contributed by atoms with van der Waals surface area (Å²) in [7, 11) is 1.57. The summed E-state index contributed by atoms with van der Waals surface area (Å²) in [5, 5.41) is 13.6. The first-order valence-corrected chi connectivity index (χ1v) is 8.00. The van der Waals surface area contributed by atoms with Gasteiger partial charge in [0.1, 0.15) is 0 Å². The third-order valence-corrected chi connectivity index (χ3v) is 4.06. The molecule has 0 aromatic heterocycles. The maximum absolute atomic E-state index is 9.57. The van der Waals surface area contributed by atoms with Crippen molar-refractivity contribution >= 4 is 40.5 Å². The van der Waals surface area contributed by atoms with Gasteiger partial charge in [-0.25, -0.2) is 0 Å². The molecule has 0 bridgehead atoms. The van der Waals surface area contributed by atoms with E-state index in [1.54, 1.807) is 25.3 Å². The Morgan fingerprint density at radius 2 is 1.65 bits per heavy atom. The molecule has 0 saturated heterocycles. The fraction of sp³-hybridized carbons (Fsp3) is 0.250. The SMILES string of the molecule is CCOc1cc(Cl)c(CNc2cc(Cl)c(O)c(Cl)c2)cc1OC. The van der Waals surface area contributed by atoms with Gasteiger partial charge < -0.3 is 19.9 Å². The van der Waals surface area contributed by atoms with E-state index in [1.807, 2.05) is 13.0 Å². The van der Waals surface area contributed by atoms with Crippen molar-refractivity contribution in [3.05, 3.63) is 44.9 Å². The van der Waals surface area contributed by atoms with E-state index in [2.05, 4.69) is 5.32 Å². The van der Waals surface area contributed by atoms with Crippen molar-refractivity contribution in [2.45, 2.75) is 13.5 Å². The number of hydrogen-bond acceptors (Lipinski definition) is 4. The highest BCUT2D eigenvalue weighted by Crippen LogP contribution is 2.36. The highest BCUT2D eigenvalue weighted by atomic mass is 35.5. The van der Waals surface area contributed by atoms with Gasteiger partial charge in [-0.1, -0.05) is 34.8 Å². The van der Waals surface area contributed by atoms with Crippen LogP contribution in [-0.4, -0.2) is 18.8 Å². The molecule has 7 heteroatoms. The van der Waals surface area contributed by atoms with Crippen molar-refractivity contribution in [3.8, 4) is 17.2 Å². The summed E-state index contributed by atoms with van der Waals surface area (Å²) in [6, 6.07) is 6.70. The number of hydrogen-bond donors (Lipinski definition) is 2. The second kappa shape index (κ2) is 7.86. The zero-order valence-corrected chi connectivity index (χ0v) is 14.9. The van der Waals surface area contributed by atoms with Gasteiger partial charge in [0, 0.05) is 23.3 Å². The third-order valence-electron chi connectivity index (χ3n) is 3.13. The Hall–Kier alpha value is -1.49. The van der Waals surface area contributed by atoms with Gasteiger partial charge in [0.05, 0.1) is 23.8 Å². The summed E-state index contributed by atoms with van der Waals surface area (Å²) in [6.07, 6.45) is 0. The molecule has 0 amide bonds. The monoisotopic (exact) mass is 375 g/mol. The average Bonchev–Trinajstić information content (AvgIpc) is 2.52. The molecule has 4 nitrogen and oxygen atoms in total. The number of benzene rings is 2. The number of rotatable bonds is 6. The van der Waals surface area contributed by atoms with E-state index in [9.17, 15) is 5.11 Å². The molecule has 2 N–H and O–H groups in total. The Kier molecular flexibility index (Phi) is 6.10. The molecule has 0 aliphatic carbocycles. The molecule has 2 rings (SSSR count). The predicted octanol–water partition coefficient (Wildman–Crippen LogP) is 5.37. The Bertz CT molecular complexity index is 684. The zero-order chi connectivity index (χ0) is 17.0. The second-order valence-corrected chi connectivity index (χ2v) is 5.89. The lowest BCUT2D eigenvalue weighted by Crippen LogP contribution is -2.02. The van der Waals surface area contributed by atoms with Crippen molar-refractivity contribution in [2.24, 2.45) is 0 Å². The van der Waals surface area contributed by atoms with Crippen LogP contribution < -0.4 is 14.8 Å². The quantitative estimate of drug-likeness (QED) is 0.665. The molecule has 124 valence electrons. The van der Waals surface area contributed by atoms with Crippen molar-refractivity contribution in [1.82, 2.24) is 0 Å². The van der Waals surface area contributed by atoms with Crippen LogP contribution in [0.15, 0.2) is 24.3 Å². The minimum Gasteiger partial charge on any atom is -0.505 e. The van der Waals surface area contributed by atoms with Gasteiger partial charge in [0.2, 0.25) is 0 Å². The van der Waals surface area contributed by atoms with Gasteiger partial charge >= 0.3 is 0 Å². The largest absolute Gasteiger partial charge is 0.505 e. The maximum Gasteiger partial charge on any atom is 0.162 e. The first-order valence-electron chi connectivity index (χ1n) is 6.87. The summed E-state index contributed by atoms with van der Waals surface area (Å²) in [4.78, 5) is 0. The first-order chi connectivity index (χ1) is 11.0. The number of phenolic OH excluding ortho intramolecular Hbond substituents is 1. The van der Waals surface area contributed by atoms with Crippen LogP contribution in [0.2, 0.25) is 15.1 Å². The van der Waals surface area contributed by atoms with Crippen molar-refractivity contribution < 1.29 is 14.6 Å². The average molecular weight is 377 g/mol. The molecule has 0 unspecified atom stereocenters. The molecule has 2 aromatic carbocycles. The van der Waals surface area contributed by atoms with Crippen molar-refractivity contribution in [2.75, 3.05) is 19.0 Å². The molecular weight excluding hydrogens is 361 g/mol. The smallest absolute Gasteiger partial charge is 0.162 e. The minimum atomic E-state index is -0.139. The molecule has 0 atom stereocenters. The summed E-state index contributed by atoms with van der Waals surface area (Å²) < 4.78 is 10.8. The van der Waals surface area contributed by atoms with E-state index in [4.69, 9.17) is 44.3 Å². The number of phenols is 1. The predicted molar refractivity (Wildman–Crippen MR) is 94.6 cm³/mol. The van der Waals surface area contributed by atoms with Crippen LogP contribution in [0.4, 0.5) is 5.69 Å². The summed E-state index contributed by atoms with van der Waals surface area (Å²) in [6.45, 7) is 2.84. The minimum absolute atomic E-state index is 0.139. The van der Waals surface area contributed by atoms with Crippen molar-refractivity contribution in [1.29, 1.82) is 0 Å². The number of anilines is 1. The summed E-state index contributed by atoms with van der Waals surface area (Å²) >= 11 is 18.1. The highest BCUT2D eigenvalue weighted by molar-refractivity contribution is 6.37. The van der Waals surface area contributed by atoms with Crippen LogP contribution >= 0.6 is 34.8 Å². The molecule has 23 heavy (non-hydrogen) atoms. The molecule has 0 heterocycles. The second-order valence-electron chi connectivity index (χ2n) is 4.67. The van der Waals surface area contributed by atoms with Gasteiger partial charge in [0.15, 0.2) is 17.2 Å². The van der Waals surface area contributed by atoms with E-state index >= 15 is 0 Å². The number of methoxy groups -OCH3 is 1. The van der Waals surface area contributed by atoms with Crippen LogP contribution in [-0.2, 0) is 6.54 Å². The van der Waals surface area contributed by atoms with Crippen LogP contribution in [0.25, 0.3) is 0 Å². The van der Waals surface area contributed by atoms with E-state index in [0.29, 0.717) is 35.4 Å². The molecule has 0 radical (unpaired) electrons. The Morgan fingerprint density at radius 3 is 2.22 bits per heavy atom. The highest BCUT2D eigenvalue weighted by Gasteiger charge is 2.11. The van der Waals surface area contributed by atoms with Gasteiger partial charge in [-0.3, -0.25) is 0 Å². The van der Waals surface area contributed by atoms with E-state index in [-0.39, 0.29) is 15.8 Å². The molecule has 0 aliphatic rings. The number of nitrogens with one attached hydrogen (secondary N) is 1. The lowest BCUT2D eigenvalue weighted by Gasteiger charge is -2.14. The van der Waals surface area contributed by atoms with Gasteiger partial charge in [-0.05, 0) is 30.7 Å². The topological polar surface area (TPSA) is 50.7 Å². The molecule has 0 saturated carbocycles. The molecule has 0 aliphatic heterocycles. The summed E-state index contributed by atoms with van der Waals surface area (Å²) in [5.41, 5.74) is 1.49. The molecule has 0 fully saturated rings.